The maximum atomic E-state index is 13.1. The Labute approximate surface area is 213 Å². The van der Waals surface area contributed by atoms with Gasteiger partial charge in [-0.3, -0.25) is 14.5 Å². The van der Waals surface area contributed by atoms with Crippen LogP contribution in [0.1, 0.15) is 67.9 Å². The van der Waals surface area contributed by atoms with Crippen molar-refractivity contribution in [3.8, 4) is 0 Å². The number of benzene rings is 1. The Balaban J connectivity index is 1.47. The van der Waals surface area contributed by atoms with Gasteiger partial charge in [-0.15, -0.1) is 0 Å². The van der Waals surface area contributed by atoms with Gasteiger partial charge in [0.2, 0.25) is 5.91 Å². The van der Waals surface area contributed by atoms with Crippen molar-refractivity contribution in [2.45, 2.75) is 58.8 Å². The largest absolute Gasteiger partial charge is 0.416 e. The third kappa shape index (κ3) is 8.09. The molecular formula is C26H35F6N3O2. The summed E-state index contributed by atoms with van der Waals surface area (Å²) in [6.45, 7) is 9.91. The first-order valence-electron chi connectivity index (χ1n) is 12.6. The molecule has 2 amide bonds. The lowest BCUT2D eigenvalue weighted by molar-refractivity contribution is -0.143. The van der Waals surface area contributed by atoms with Crippen LogP contribution in [0.2, 0.25) is 0 Å². The topological polar surface area (TPSA) is 52.7 Å². The average molecular weight is 536 g/mol. The molecule has 0 saturated carbocycles. The third-order valence-electron chi connectivity index (χ3n) is 7.54. The highest BCUT2D eigenvalue weighted by atomic mass is 19.4. The molecule has 3 rings (SSSR count). The number of carbonyl (C=O) groups is 2. The number of nitrogens with one attached hydrogen (secondary N) is 1. The van der Waals surface area contributed by atoms with Gasteiger partial charge in [0.25, 0.3) is 5.91 Å². The van der Waals surface area contributed by atoms with Crippen molar-refractivity contribution in [2.75, 3.05) is 39.3 Å². The van der Waals surface area contributed by atoms with Gasteiger partial charge in [-0.1, -0.05) is 20.8 Å². The first-order valence-corrected chi connectivity index (χ1v) is 12.6. The van der Waals surface area contributed by atoms with Crippen LogP contribution in [-0.2, 0) is 17.1 Å². The maximum Gasteiger partial charge on any atom is 0.416 e. The highest BCUT2D eigenvalue weighted by molar-refractivity contribution is 5.94. The number of hydrogen-bond donors (Lipinski definition) is 1. The van der Waals surface area contributed by atoms with Gasteiger partial charge in [-0.05, 0) is 74.2 Å². The molecule has 2 heterocycles. The molecule has 5 nitrogen and oxygen atoms in total. The molecule has 11 heteroatoms. The van der Waals surface area contributed by atoms with Crippen LogP contribution < -0.4 is 5.32 Å². The smallest absolute Gasteiger partial charge is 0.352 e. The molecule has 0 bridgehead atoms. The van der Waals surface area contributed by atoms with E-state index in [0.717, 1.165) is 25.9 Å². The molecule has 0 radical (unpaired) electrons. The number of carbonyl (C=O) groups excluding carboxylic acids is 2. The Bertz CT molecular complexity index is 922. The second kappa shape index (κ2) is 11.2. The van der Waals surface area contributed by atoms with E-state index in [1.165, 1.54) is 0 Å². The zero-order valence-electron chi connectivity index (χ0n) is 21.4. The van der Waals surface area contributed by atoms with E-state index in [1.54, 1.807) is 0 Å². The molecule has 1 N–H and O–H groups in total. The Morgan fingerprint density at radius 2 is 1.35 bits per heavy atom. The summed E-state index contributed by atoms with van der Waals surface area (Å²) >= 11 is 0. The molecule has 208 valence electrons. The molecule has 2 aliphatic heterocycles. The first kappa shape index (κ1) is 29.3. The van der Waals surface area contributed by atoms with Gasteiger partial charge in [0.05, 0.1) is 17.7 Å². The van der Waals surface area contributed by atoms with Gasteiger partial charge in [0, 0.05) is 25.2 Å². The van der Waals surface area contributed by atoms with Crippen LogP contribution in [0.15, 0.2) is 18.2 Å². The van der Waals surface area contributed by atoms with E-state index < -0.39 is 35.0 Å². The molecule has 2 saturated heterocycles. The van der Waals surface area contributed by atoms with Crippen LogP contribution in [0.25, 0.3) is 0 Å². The van der Waals surface area contributed by atoms with Crippen molar-refractivity contribution < 1.29 is 35.9 Å². The first-order chi connectivity index (χ1) is 17.0. The highest BCUT2D eigenvalue weighted by Crippen LogP contribution is 2.37. The van der Waals surface area contributed by atoms with Gasteiger partial charge in [0.15, 0.2) is 0 Å². The maximum absolute atomic E-state index is 13.1. The molecule has 2 aliphatic rings. The van der Waals surface area contributed by atoms with Crippen molar-refractivity contribution in [1.29, 1.82) is 0 Å². The number of piperidine rings is 2. The molecule has 0 aliphatic carbocycles. The van der Waals surface area contributed by atoms with Gasteiger partial charge in [-0.2, -0.15) is 26.3 Å². The van der Waals surface area contributed by atoms with Crippen molar-refractivity contribution in [3.05, 3.63) is 34.9 Å². The van der Waals surface area contributed by atoms with Crippen LogP contribution in [0, 0.1) is 17.3 Å². The number of halogens is 6. The van der Waals surface area contributed by atoms with Crippen LogP contribution in [-0.4, -0.2) is 60.9 Å². The van der Waals surface area contributed by atoms with E-state index in [2.05, 4.69) is 31.0 Å². The molecule has 1 aromatic rings. The van der Waals surface area contributed by atoms with E-state index in [0.29, 0.717) is 50.5 Å². The van der Waals surface area contributed by atoms with Crippen molar-refractivity contribution in [1.82, 2.24) is 15.1 Å². The fraction of sp³-hybridized carbons (Fsp3) is 0.692. The second-order valence-electron chi connectivity index (χ2n) is 11.2. The molecule has 0 atom stereocenters. The monoisotopic (exact) mass is 535 g/mol. The summed E-state index contributed by atoms with van der Waals surface area (Å²) in [5.74, 6) is -0.263. The Morgan fingerprint density at radius 1 is 0.838 bits per heavy atom. The number of rotatable bonds is 5. The van der Waals surface area contributed by atoms with Crippen LogP contribution in [0.5, 0.6) is 0 Å². The number of amides is 2. The summed E-state index contributed by atoms with van der Waals surface area (Å²) in [6.07, 6.45) is -6.71. The lowest BCUT2D eigenvalue weighted by Crippen LogP contribution is -2.47. The minimum atomic E-state index is -5.01. The second-order valence-corrected chi connectivity index (χ2v) is 11.2. The minimum absolute atomic E-state index is 0.000595. The third-order valence-corrected chi connectivity index (χ3v) is 7.54. The molecule has 0 unspecified atom stereocenters. The van der Waals surface area contributed by atoms with E-state index in [1.807, 2.05) is 4.90 Å². The zero-order valence-corrected chi connectivity index (χ0v) is 21.4. The molecule has 0 spiro atoms. The molecule has 0 aromatic heterocycles. The van der Waals surface area contributed by atoms with Crippen molar-refractivity contribution in [2.24, 2.45) is 17.3 Å². The fourth-order valence-electron chi connectivity index (χ4n) is 5.06. The summed E-state index contributed by atoms with van der Waals surface area (Å²) < 4.78 is 78.3. The van der Waals surface area contributed by atoms with E-state index in [9.17, 15) is 35.9 Å². The lowest BCUT2D eigenvalue weighted by Gasteiger charge is -2.40. The Morgan fingerprint density at radius 3 is 1.81 bits per heavy atom. The van der Waals surface area contributed by atoms with Gasteiger partial charge < -0.3 is 10.2 Å². The summed E-state index contributed by atoms with van der Waals surface area (Å²) in [6, 6.07) is 0.868. The SMILES string of the molecule is CC(C)(C)C1CCN(C(=O)CN2CCC(CNC(=O)c3cc(C(F)(F)F)cc(C(F)(F)F)c3)CC2)CC1. The summed E-state index contributed by atoms with van der Waals surface area (Å²) in [5.41, 5.74) is -3.49. The molecular weight excluding hydrogens is 500 g/mol. The van der Waals surface area contributed by atoms with E-state index in [4.69, 9.17) is 0 Å². The summed E-state index contributed by atoms with van der Waals surface area (Å²) in [5, 5.41) is 2.48. The normalized spacial score (nSPS) is 19.2. The number of hydrogen-bond acceptors (Lipinski definition) is 3. The van der Waals surface area contributed by atoms with Gasteiger partial charge in [0.1, 0.15) is 0 Å². The summed E-state index contributed by atoms with van der Waals surface area (Å²) in [4.78, 5) is 29.1. The Kier molecular flexibility index (Phi) is 8.86. The average Bonchev–Trinajstić information content (AvgIpc) is 2.81. The van der Waals surface area contributed by atoms with Crippen LogP contribution >= 0.6 is 0 Å². The molecule has 2 fully saturated rings. The predicted molar refractivity (Wildman–Crippen MR) is 127 cm³/mol. The highest BCUT2D eigenvalue weighted by Gasteiger charge is 2.37. The van der Waals surface area contributed by atoms with Gasteiger partial charge >= 0.3 is 12.4 Å². The van der Waals surface area contributed by atoms with Crippen molar-refractivity contribution >= 4 is 11.8 Å². The molecule has 1 aromatic carbocycles. The zero-order chi connectivity index (χ0) is 27.6. The number of likely N-dealkylation sites (tertiary alicyclic amines) is 2. The summed E-state index contributed by atoms with van der Waals surface area (Å²) in [7, 11) is 0. The van der Waals surface area contributed by atoms with E-state index >= 15 is 0 Å². The quantitative estimate of drug-likeness (QED) is 0.511. The molecule has 37 heavy (non-hydrogen) atoms. The fourth-order valence-corrected chi connectivity index (χ4v) is 5.06. The minimum Gasteiger partial charge on any atom is -0.352 e. The van der Waals surface area contributed by atoms with Crippen molar-refractivity contribution in [3.63, 3.8) is 0 Å². The van der Waals surface area contributed by atoms with Crippen LogP contribution in [0.4, 0.5) is 26.3 Å². The number of alkyl halides is 6. The Hall–Kier alpha value is -2.30. The van der Waals surface area contributed by atoms with E-state index in [-0.39, 0.29) is 29.9 Å². The number of nitrogens with zero attached hydrogens (tertiary/aromatic N) is 2. The predicted octanol–water partition coefficient (Wildman–Crippen LogP) is 5.45. The van der Waals surface area contributed by atoms with Gasteiger partial charge in [-0.25, -0.2) is 0 Å². The van der Waals surface area contributed by atoms with Crippen LogP contribution in [0.3, 0.4) is 0 Å². The standard InChI is InChI=1S/C26H35F6N3O2/c1-24(2,3)19-6-10-35(11-7-19)22(36)16-34-8-4-17(5-9-34)15-33-23(37)18-12-20(25(27,28)29)14-21(13-18)26(30,31)32/h12-14,17,19H,4-11,15-16H2,1-3H3,(H,33,37). The lowest BCUT2D eigenvalue weighted by atomic mass is 9.75.